The van der Waals surface area contributed by atoms with E-state index in [-0.39, 0.29) is 5.91 Å². The number of hydrogen-bond acceptors (Lipinski definition) is 3. The van der Waals surface area contributed by atoms with Gasteiger partial charge in [0.2, 0.25) is 0 Å². The van der Waals surface area contributed by atoms with E-state index in [1.807, 2.05) is 54.7 Å². The van der Waals surface area contributed by atoms with Crippen molar-refractivity contribution >= 4 is 23.1 Å². The van der Waals surface area contributed by atoms with Crippen LogP contribution in [0, 0.1) is 13.8 Å². The number of amides is 1. The monoisotopic (exact) mass is 370 g/mol. The van der Waals surface area contributed by atoms with Crippen LogP contribution in [0.3, 0.4) is 0 Å². The average Bonchev–Trinajstić information content (AvgIpc) is 3.08. The number of rotatable bonds is 5. The van der Waals surface area contributed by atoms with Gasteiger partial charge in [0.25, 0.3) is 5.91 Å². The Morgan fingerprint density at radius 1 is 0.964 bits per heavy atom. The van der Waals surface area contributed by atoms with Gasteiger partial charge < -0.3 is 10.6 Å². The molecule has 28 heavy (non-hydrogen) atoms. The minimum absolute atomic E-state index is 0.201. The van der Waals surface area contributed by atoms with Gasteiger partial charge in [0.1, 0.15) is 5.65 Å². The molecule has 0 atom stereocenters. The number of aryl methyl sites for hydroxylation is 2. The third-order valence-electron chi connectivity index (χ3n) is 4.81. The van der Waals surface area contributed by atoms with Gasteiger partial charge in [0.05, 0.1) is 0 Å². The van der Waals surface area contributed by atoms with Crippen molar-refractivity contribution in [2.75, 3.05) is 10.6 Å². The molecule has 140 valence electrons. The van der Waals surface area contributed by atoms with E-state index in [9.17, 15) is 4.79 Å². The van der Waals surface area contributed by atoms with E-state index in [0.717, 1.165) is 16.9 Å². The highest BCUT2D eigenvalue weighted by Gasteiger charge is 2.19. The van der Waals surface area contributed by atoms with Crippen molar-refractivity contribution in [1.82, 2.24) is 9.38 Å². The molecule has 2 aromatic carbocycles. The third kappa shape index (κ3) is 3.60. The highest BCUT2D eigenvalue weighted by Crippen LogP contribution is 2.21. The first-order valence-corrected chi connectivity index (χ1v) is 9.25. The highest BCUT2D eigenvalue weighted by molar-refractivity contribution is 6.07. The van der Waals surface area contributed by atoms with Crippen molar-refractivity contribution in [3.8, 4) is 0 Å². The molecule has 2 N–H and O–H groups in total. The van der Waals surface area contributed by atoms with Gasteiger partial charge in [-0.3, -0.25) is 9.20 Å². The lowest BCUT2D eigenvalue weighted by atomic mass is 10.1. The van der Waals surface area contributed by atoms with Crippen LogP contribution < -0.4 is 10.6 Å². The van der Waals surface area contributed by atoms with Crippen LogP contribution in [0.15, 0.2) is 72.9 Å². The Morgan fingerprint density at radius 2 is 1.75 bits per heavy atom. The molecule has 0 saturated heterocycles. The van der Waals surface area contributed by atoms with Gasteiger partial charge in [0, 0.05) is 18.4 Å². The molecule has 4 rings (SSSR count). The maximum atomic E-state index is 13.0. The van der Waals surface area contributed by atoms with Gasteiger partial charge in [-0.15, -0.1) is 0 Å². The second-order valence-corrected chi connectivity index (χ2v) is 6.83. The molecule has 0 fully saturated rings. The number of imidazole rings is 1. The summed E-state index contributed by atoms with van der Waals surface area (Å²) >= 11 is 0. The predicted octanol–water partition coefficient (Wildman–Crippen LogP) is 4.82. The number of para-hydroxylation sites is 1. The molecule has 5 heteroatoms. The van der Waals surface area contributed by atoms with Crippen LogP contribution in [0.5, 0.6) is 0 Å². The van der Waals surface area contributed by atoms with Crippen LogP contribution in [0.25, 0.3) is 5.65 Å². The van der Waals surface area contributed by atoms with Gasteiger partial charge in [0.15, 0.2) is 11.5 Å². The van der Waals surface area contributed by atoms with Crippen molar-refractivity contribution in [2.45, 2.75) is 20.4 Å². The van der Waals surface area contributed by atoms with Gasteiger partial charge in [-0.2, -0.15) is 0 Å². The van der Waals surface area contributed by atoms with Gasteiger partial charge in [-0.05, 0) is 54.8 Å². The first-order valence-electron chi connectivity index (χ1n) is 9.25. The molecule has 0 unspecified atom stereocenters. The zero-order valence-electron chi connectivity index (χ0n) is 15.9. The van der Waals surface area contributed by atoms with Crippen LogP contribution in [-0.4, -0.2) is 15.3 Å². The molecule has 0 aliphatic heterocycles. The van der Waals surface area contributed by atoms with Crippen molar-refractivity contribution in [1.29, 1.82) is 0 Å². The summed E-state index contributed by atoms with van der Waals surface area (Å²) in [6, 6.07) is 21.5. The van der Waals surface area contributed by atoms with Crippen LogP contribution in [-0.2, 0) is 6.54 Å². The molecule has 0 aliphatic carbocycles. The molecular weight excluding hydrogens is 348 g/mol. The zero-order chi connectivity index (χ0) is 19.5. The molecule has 1 amide bonds. The van der Waals surface area contributed by atoms with Crippen molar-refractivity contribution in [3.63, 3.8) is 0 Å². The summed E-state index contributed by atoms with van der Waals surface area (Å²) in [7, 11) is 0. The summed E-state index contributed by atoms with van der Waals surface area (Å²) < 4.78 is 1.81. The van der Waals surface area contributed by atoms with Gasteiger partial charge in [-0.25, -0.2) is 4.98 Å². The van der Waals surface area contributed by atoms with E-state index in [1.54, 1.807) is 4.40 Å². The summed E-state index contributed by atoms with van der Waals surface area (Å²) in [5, 5.41) is 6.29. The highest BCUT2D eigenvalue weighted by atomic mass is 16.2. The van der Waals surface area contributed by atoms with Crippen LogP contribution in [0.4, 0.5) is 11.5 Å². The number of carbonyl (C=O) groups is 1. The minimum Gasteiger partial charge on any atom is -0.364 e. The van der Waals surface area contributed by atoms with E-state index in [2.05, 4.69) is 47.7 Å². The van der Waals surface area contributed by atoms with E-state index in [0.29, 0.717) is 18.1 Å². The topological polar surface area (TPSA) is 58.4 Å². The molecule has 0 saturated carbocycles. The molecule has 2 aromatic heterocycles. The number of carbonyl (C=O) groups excluding carboxylic acids is 1. The number of nitrogens with zero attached hydrogens (tertiary/aromatic N) is 2. The second-order valence-electron chi connectivity index (χ2n) is 6.83. The lowest BCUT2D eigenvalue weighted by Gasteiger charge is -2.10. The zero-order valence-corrected chi connectivity index (χ0v) is 15.9. The molecule has 2 heterocycles. The molecular formula is C23H22N4O. The Balaban J connectivity index is 1.64. The predicted molar refractivity (Wildman–Crippen MR) is 113 cm³/mol. The van der Waals surface area contributed by atoms with Gasteiger partial charge in [-0.1, -0.05) is 42.5 Å². The van der Waals surface area contributed by atoms with Crippen LogP contribution >= 0.6 is 0 Å². The Kier molecular flexibility index (Phi) is 4.81. The Bertz CT molecular complexity index is 1130. The Hall–Kier alpha value is -3.60. The Labute approximate surface area is 164 Å². The quantitative estimate of drug-likeness (QED) is 0.530. The molecule has 0 spiro atoms. The lowest BCUT2D eigenvalue weighted by Crippen LogP contribution is -2.16. The SMILES string of the molecule is Cc1ccc(CNc2nc3ccccn3c2C(=O)Nc2ccccc2)cc1C. The fourth-order valence-corrected chi connectivity index (χ4v) is 3.15. The number of fused-ring (bicyclic) bond motifs is 1. The standard InChI is InChI=1S/C23H22N4O/c1-16-11-12-18(14-17(16)2)15-24-22-21(27-13-7-6-10-20(27)26-22)23(28)25-19-8-4-3-5-9-19/h3-14,24H,15H2,1-2H3,(H,25,28). The largest absolute Gasteiger partial charge is 0.364 e. The summed E-state index contributed by atoms with van der Waals surface area (Å²) in [5.41, 5.74) is 5.62. The lowest BCUT2D eigenvalue weighted by molar-refractivity contribution is 0.102. The summed E-state index contributed by atoms with van der Waals surface area (Å²) in [4.78, 5) is 17.6. The van der Waals surface area contributed by atoms with Crippen LogP contribution in [0.1, 0.15) is 27.2 Å². The smallest absolute Gasteiger partial charge is 0.276 e. The van der Waals surface area contributed by atoms with E-state index < -0.39 is 0 Å². The second kappa shape index (κ2) is 7.56. The Morgan fingerprint density at radius 3 is 2.54 bits per heavy atom. The van der Waals surface area contributed by atoms with Crippen molar-refractivity contribution in [3.05, 3.63) is 95.3 Å². The van der Waals surface area contributed by atoms with Crippen LogP contribution in [0.2, 0.25) is 0 Å². The summed E-state index contributed by atoms with van der Waals surface area (Å²) in [6.07, 6.45) is 1.85. The fraction of sp³-hybridized carbons (Fsp3) is 0.130. The van der Waals surface area contributed by atoms with E-state index in [4.69, 9.17) is 0 Å². The number of hydrogen-bond donors (Lipinski definition) is 2. The summed E-state index contributed by atoms with van der Waals surface area (Å²) in [6.45, 7) is 4.79. The first kappa shape index (κ1) is 17.8. The van der Waals surface area contributed by atoms with Crippen molar-refractivity contribution < 1.29 is 4.79 Å². The first-order chi connectivity index (χ1) is 13.6. The molecule has 0 aliphatic rings. The van der Waals surface area contributed by atoms with Gasteiger partial charge >= 0.3 is 0 Å². The minimum atomic E-state index is -0.201. The average molecular weight is 370 g/mol. The number of benzene rings is 2. The molecule has 4 aromatic rings. The third-order valence-corrected chi connectivity index (χ3v) is 4.81. The molecule has 5 nitrogen and oxygen atoms in total. The number of pyridine rings is 1. The maximum absolute atomic E-state index is 13.0. The number of anilines is 2. The number of aromatic nitrogens is 2. The fourth-order valence-electron chi connectivity index (χ4n) is 3.15. The van der Waals surface area contributed by atoms with E-state index >= 15 is 0 Å². The summed E-state index contributed by atoms with van der Waals surface area (Å²) in [5.74, 6) is 0.366. The van der Waals surface area contributed by atoms with Crippen molar-refractivity contribution in [2.24, 2.45) is 0 Å². The van der Waals surface area contributed by atoms with E-state index in [1.165, 1.54) is 11.1 Å². The maximum Gasteiger partial charge on any atom is 0.276 e. The number of nitrogens with one attached hydrogen (secondary N) is 2. The normalized spacial score (nSPS) is 10.8. The molecule has 0 radical (unpaired) electrons. The molecule has 0 bridgehead atoms.